The highest BCUT2D eigenvalue weighted by molar-refractivity contribution is 7.90. The van der Waals surface area contributed by atoms with E-state index < -0.39 is 15.9 Å². The number of nitrogens with zero attached hydrogens (tertiary/aromatic N) is 1. The Kier molecular flexibility index (Phi) is 5.71. The Bertz CT molecular complexity index is 879. The monoisotopic (exact) mass is 363 g/mol. The van der Waals surface area contributed by atoms with Crippen LogP contribution in [0.1, 0.15) is 27.6 Å². The first kappa shape index (κ1) is 18.4. The SMILES string of the molecule is CCNC(=O)c1ccc(S(=O)(=O)NC(=O)c2cccnc2OC)cc1. The van der Waals surface area contributed by atoms with Crippen molar-refractivity contribution < 1.29 is 22.7 Å². The molecular formula is C16H17N3O5S. The molecule has 0 saturated heterocycles. The zero-order chi connectivity index (χ0) is 18.4. The minimum absolute atomic E-state index is 0.00693. The number of hydrogen-bond acceptors (Lipinski definition) is 6. The van der Waals surface area contributed by atoms with Gasteiger partial charge in [-0.15, -0.1) is 0 Å². The number of pyridine rings is 1. The van der Waals surface area contributed by atoms with Crippen LogP contribution in [0.25, 0.3) is 0 Å². The van der Waals surface area contributed by atoms with Crippen molar-refractivity contribution in [3.05, 3.63) is 53.7 Å². The van der Waals surface area contributed by atoms with Crippen molar-refractivity contribution in [2.45, 2.75) is 11.8 Å². The van der Waals surface area contributed by atoms with E-state index in [-0.39, 0.29) is 22.2 Å². The fourth-order valence-corrected chi connectivity index (χ4v) is 2.98. The molecule has 2 rings (SSSR count). The Morgan fingerprint density at radius 2 is 1.80 bits per heavy atom. The van der Waals surface area contributed by atoms with E-state index in [1.54, 1.807) is 6.92 Å². The van der Waals surface area contributed by atoms with Gasteiger partial charge in [-0.3, -0.25) is 9.59 Å². The van der Waals surface area contributed by atoms with Gasteiger partial charge in [-0.2, -0.15) is 0 Å². The van der Waals surface area contributed by atoms with Crippen LogP contribution < -0.4 is 14.8 Å². The van der Waals surface area contributed by atoms with Crippen LogP contribution in [0.4, 0.5) is 0 Å². The van der Waals surface area contributed by atoms with Crippen LogP contribution in [0.2, 0.25) is 0 Å². The minimum Gasteiger partial charge on any atom is -0.480 e. The van der Waals surface area contributed by atoms with E-state index >= 15 is 0 Å². The summed E-state index contributed by atoms with van der Waals surface area (Å²) in [5, 5.41) is 2.61. The largest absolute Gasteiger partial charge is 0.480 e. The highest BCUT2D eigenvalue weighted by atomic mass is 32.2. The second-order valence-electron chi connectivity index (χ2n) is 4.88. The van der Waals surface area contributed by atoms with E-state index in [0.717, 1.165) is 0 Å². The Morgan fingerprint density at radius 1 is 1.12 bits per heavy atom. The maximum absolute atomic E-state index is 12.3. The molecule has 132 valence electrons. The van der Waals surface area contributed by atoms with Crippen molar-refractivity contribution in [2.75, 3.05) is 13.7 Å². The number of rotatable bonds is 6. The highest BCUT2D eigenvalue weighted by Gasteiger charge is 2.21. The van der Waals surface area contributed by atoms with Gasteiger partial charge in [0.1, 0.15) is 5.56 Å². The van der Waals surface area contributed by atoms with E-state index in [9.17, 15) is 18.0 Å². The first-order valence-electron chi connectivity index (χ1n) is 7.33. The molecule has 2 N–H and O–H groups in total. The predicted octanol–water partition coefficient (Wildman–Crippen LogP) is 0.959. The second kappa shape index (κ2) is 7.75. The topological polar surface area (TPSA) is 114 Å². The Labute approximate surface area is 145 Å². The molecule has 2 aromatic rings. The molecule has 0 unspecified atom stereocenters. The fourth-order valence-electron chi connectivity index (χ4n) is 2.01. The van der Waals surface area contributed by atoms with E-state index in [1.165, 1.54) is 49.7 Å². The molecule has 1 heterocycles. The van der Waals surface area contributed by atoms with Crippen LogP contribution in [0, 0.1) is 0 Å². The summed E-state index contributed by atoms with van der Waals surface area (Å²) in [6.07, 6.45) is 1.42. The number of ether oxygens (including phenoxy) is 1. The minimum atomic E-state index is -4.10. The Morgan fingerprint density at radius 3 is 2.40 bits per heavy atom. The van der Waals surface area contributed by atoms with E-state index in [2.05, 4.69) is 10.3 Å². The van der Waals surface area contributed by atoms with E-state index in [4.69, 9.17) is 4.74 Å². The third kappa shape index (κ3) is 4.32. The summed E-state index contributed by atoms with van der Waals surface area (Å²) in [6, 6.07) is 8.13. The van der Waals surface area contributed by atoms with Crippen molar-refractivity contribution in [1.82, 2.24) is 15.0 Å². The van der Waals surface area contributed by atoms with Gasteiger partial charge in [0.2, 0.25) is 5.88 Å². The lowest BCUT2D eigenvalue weighted by Gasteiger charge is -2.09. The van der Waals surface area contributed by atoms with Gasteiger partial charge in [-0.1, -0.05) is 0 Å². The van der Waals surface area contributed by atoms with Gasteiger partial charge in [-0.25, -0.2) is 18.1 Å². The fraction of sp³-hybridized carbons (Fsp3) is 0.188. The van der Waals surface area contributed by atoms with Gasteiger partial charge in [0.25, 0.3) is 21.8 Å². The zero-order valence-electron chi connectivity index (χ0n) is 13.6. The summed E-state index contributed by atoms with van der Waals surface area (Å²) in [5.74, 6) is -1.16. The van der Waals surface area contributed by atoms with E-state index in [0.29, 0.717) is 12.1 Å². The van der Waals surface area contributed by atoms with Crippen molar-refractivity contribution >= 4 is 21.8 Å². The smallest absolute Gasteiger partial charge is 0.270 e. The van der Waals surface area contributed by atoms with Crippen LogP contribution in [0.3, 0.4) is 0 Å². The molecule has 0 spiro atoms. The van der Waals surface area contributed by atoms with Crippen molar-refractivity contribution in [3.63, 3.8) is 0 Å². The molecular weight excluding hydrogens is 346 g/mol. The Balaban J connectivity index is 2.21. The molecule has 0 fully saturated rings. The van der Waals surface area contributed by atoms with Gasteiger partial charge in [0.15, 0.2) is 0 Å². The van der Waals surface area contributed by atoms with Gasteiger partial charge in [0.05, 0.1) is 12.0 Å². The maximum Gasteiger partial charge on any atom is 0.270 e. The number of hydrogen-bond donors (Lipinski definition) is 2. The summed E-state index contributed by atoms with van der Waals surface area (Å²) in [6.45, 7) is 2.24. The first-order valence-corrected chi connectivity index (χ1v) is 8.81. The van der Waals surface area contributed by atoms with Gasteiger partial charge < -0.3 is 10.1 Å². The number of nitrogens with one attached hydrogen (secondary N) is 2. The highest BCUT2D eigenvalue weighted by Crippen LogP contribution is 2.16. The maximum atomic E-state index is 12.3. The number of aromatic nitrogens is 1. The summed E-state index contributed by atoms with van der Waals surface area (Å²) < 4.78 is 31.5. The normalized spacial score (nSPS) is 10.8. The van der Waals surface area contributed by atoms with Crippen molar-refractivity contribution in [1.29, 1.82) is 0 Å². The zero-order valence-corrected chi connectivity index (χ0v) is 14.5. The molecule has 1 aromatic heterocycles. The molecule has 8 nitrogen and oxygen atoms in total. The van der Waals surface area contributed by atoms with Gasteiger partial charge in [0, 0.05) is 18.3 Å². The third-order valence-corrected chi connectivity index (χ3v) is 4.55. The molecule has 0 aliphatic rings. The summed E-state index contributed by atoms with van der Waals surface area (Å²) in [5.41, 5.74) is 0.313. The summed E-state index contributed by atoms with van der Waals surface area (Å²) >= 11 is 0. The molecule has 1 aromatic carbocycles. The molecule has 2 amide bonds. The quantitative estimate of drug-likeness (QED) is 0.790. The number of methoxy groups -OCH3 is 1. The molecule has 0 aliphatic heterocycles. The predicted molar refractivity (Wildman–Crippen MR) is 89.9 cm³/mol. The number of sulfonamides is 1. The number of benzene rings is 1. The Hall–Kier alpha value is -2.94. The molecule has 0 atom stereocenters. The second-order valence-corrected chi connectivity index (χ2v) is 6.56. The molecule has 0 aliphatic carbocycles. The average Bonchev–Trinajstić information content (AvgIpc) is 2.61. The molecule has 25 heavy (non-hydrogen) atoms. The molecule has 9 heteroatoms. The standard InChI is InChI=1S/C16H17N3O5S/c1-3-17-14(20)11-6-8-12(9-7-11)25(22,23)19-15(21)13-5-4-10-18-16(13)24-2/h4-10H,3H2,1-2H3,(H,17,20)(H,19,21). The first-order chi connectivity index (χ1) is 11.9. The lowest BCUT2D eigenvalue weighted by Crippen LogP contribution is -2.31. The van der Waals surface area contributed by atoms with Crippen LogP contribution in [0.15, 0.2) is 47.5 Å². The van der Waals surface area contributed by atoms with Crippen LogP contribution in [-0.4, -0.2) is 38.9 Å². The van der Waals surface area contributed by atoms with Gasteiger partial charge >= 0.3 is 0 Å². The summed E-state index contributed by atoms with van der Waals surface area (Å²) in [4.78, 5) is 27.6. The number of carbonyl (C=O) groups excluding carboxylic acids is 2. The van der Waals surface area contributed by atoms with E-state index in [1.807, 2.05) is 4.72 Å². The molecule has 0 radical (unpaired) electrons. The van der Waals surface area contributed by atoms with Crippen LogP contribution in [0.5, 0.6) is 5.88 Å². The number of carbonyl (C=O) groups is 2. The van der Waals surface area contributed by atoms with Crippen molar-refractivity contribution in [3.8, 4) is 5.88 Å². The molecule has 0 bridgehead atoms. The van der Waals surface area contributed by atoms with Crippen molar-refractivity contribution in [2.24, 2.45) is 0 Å². The molecule has 0 saturated carbocycles. The third-order valence-electron chi connectivity index (χ3n) is 3.20. The lowest BCUT2D eigenvalue weighted by molar-refractivity contribution is 0.0952. The van der Waals surface area contributed by atoms with Crippen LogP contribution in [-0.2, 0) is 10.0 Å². The van der Waals surface area contributed by atoms with Crippen LogP contribution >= 0.6 is 0 Å². The lowest BCUT2D eigenvalue weighted by atomic mass is 10.2. The summed E-state index contributed by atoms with van der Waals surface area (Å²) in [7, 11) is -2.77. The average molecular weight is 363 g/mol. The number of amides is 2. The van der Waals surface area contributed by atoms with Gasteiger partial charge in [-0.05, 0) is 43.3 Å².